The lowest BCUT2D eigenvalue weighted by molar-refractivity contribution is 0.242. The molecule has 5 rings (SSSR count). The molecule has 3 heterocycles. The van der Waals surface area contributed by atoms with Crippen molar-refractivity contribution in [1.29, 1.82) is 0 Å². The van der Waals surface area contributed by atoms with Gasteiger partial charge in [0.25, 0.3) is 0 Å². The summed E-state index contributed by atoms with van der Waals surface area (Å²) in [7, 11) is 0. The fourth-order valence-electron chi connectivity index (χ4n) is 5.03. The molecule has 0 amide bonds. The number of benzene rings is 2. The average Bonchev–Trinajstić information content (AvgIpc) is 3.35. The highest BCUT2D eigenvalue weighted by molar-refractivity contribution is 7.80. The molecule has 190 valence electrons. The predicted molar refractivity (Wildman–Crippen MR) is 155 cm³/mol. The predicted octanol–water partition coefficient (Wildman–Crippen LogP) is 7.76. The van der Waals surface area contributed by atoms with Gasteiger partial charge in [0, 0.05) is 28.3 Å². The third-order valence-electron chi connectivity index (χ3n) is 6.52. The largest absolute Gasteiger partial charge is 0.491 e. The van der Waals surface area contributed by atoms with E-state index < -0.39 is 0 Å². The summed E-state index contributed by atoms with van der Waals surface area (Å²) in [5, 5.41) is 5.39. The molecule has 2 aromatic heterocycles. The van der Waals surface area contributed by atoms with Crippen molar-refractivity contribution in [3.05, 3.63) is 106 Å². The SMILES string of the molecule is Cc1cc([C@H]2[C@@H](c3ccccn3)NC(=S)N2c2ccc(OC(C)C)cc2)c(C)n1-c1ccc(Cl)cc1Cl. The van der Waals surface area contributed by atoms with E-state index in [2.05, 4.69) is 51.8 Å². The first-order chi connectivity index (χ1) is 17.7. The molecule has 0 saturated carbocycles. The smallest absolute Gasteiger partial charge is 0.174 e. The van der Waals surface area contributed by atoms with E-state index in [0.29, 0.717) is 15.2 Å². The monoisotopic (exact) mass is 550 g/mol. The van der Waals surface area contributed by atoms with Crippen LogP contribution >= 0.6 is 35.4 Å². The topological polar surface area (TPSA) is 42.3 Å². The number of pyridine rings is 1. The van der Waals surface area contributed by atoms with Crippen molar-refractivity contribution in [1.82, 2.24) is 14.9 Å². The van der Waals surface area contributed by atoms with Crippen LogP contribution in [0.15, 0.2) is 72.9 Å². The highest BCUT2D eigenvalue weighted by atomic mass is 35.5. The van der Waals surface area contributed by atoms with Gasteiger partial charge >= 0.3 is 0 Å². The molecule has 0 spiro atoms. The number of rotatable bonds is 6. The molecule has 0 aliphatic carbocycles. The van der Waals surface area contributed by atoms with Gasteiger partial charge in [0.15, 0.2) is 5.11 Å². The highest BCUT2D eigenvalue weighted by Gasteiger charge is 2.42. The van der Waals surface area contributed by atoms with Crippen LogP contribution in [0.4, 0.5) is 5.69 Å². The second-order valence-electron chi connectivity index (χ2n) is 9.41. The van der Waals surface area contributed by atoms with Gasteiger partial charge in [-0.15, -0.1) is 0 Å². The van der Waals surface area contributed by atoms with Gasteiger partial charge in [-0.05, 0) is 106 Å². The van der Waals surface area contributed by atoms with Gasteiger partial charge in [0.05, 0.1) is 34.6 Å². The fraction of sp³-hybridized carbons (Fsp3) is 0.241. The number of aryl methyl sites for hydroxylation is 1. The first-order valence-electron chi connectivity index (χ1n) is 12.2. The minimum Gasteiger partial charge on any atom is -0.491 e. The van der Waals surface area contributed by atoms with Crippen molar-refractivity contribution in [2.24, 2.45) is 0 Å². The second kappa shape index (κ2) is 10.4. The third kappa shape index (κ3) is 4.93. The summed E-state index contributed by atoms with van der Waals surface area (Å²) in [6.07, 6.45) is 1.92. The number of aromatic nitrogens is 2. The standard InChI is InChI=1S/C29H28Cl2N4OS/c1-17(2)36-22-11-9-21(10-12-22)35-28(27(33-29(35)37)25-7-5-6-14-32-25)23-15-18(3)34(19(23)4)26-13-8-20(30)16-24(26)31/h5-17,27-28H,1-4H3,(H,33,37)/t27-,28+/m1/s1. The second-order valence-corrected chi connectivity index (χ2v) is 10.6. The summed E-state index contributed by atoms with van der Waals surface area (Å²) in [4.78, 5) is 6.85. The zero-order valence-electron chi connectivity index (χ0n) is 21.1. The zero-order chi connectivity index (χ0) is 26.3. The van der Waals surface area contributed by atoms with Crippen LogP contribution in [0.2, 0.25) is 10.0 Å². The third-order valence-corrected chi connectivity index (χ3v) is 7.38. The minimum atomic E-state index is -0.144. The lowest BCUT2D eigenvalue weighted by Gasteiger charge is -2.28. The van der Waals surface area contributed by atoms with Crippen LogP contribution in [0, 0.1) is 13.8 Å². The molecule has 0 unspecified atom stereocenters. The van der Waals surface area contributed by atoms with E-state index in [1.54, 1.807) is 6.07 Å². The molecule has 1 saturated heterocycles. The van der Waals surface area contributed by atoms with Crippen LogP contribution in [0.5, 0.6) is 5.75 Å². The first kappa shape index (κ1) is 25.6. The van der Waals surface area contributed by atoms with Crippen LogP contribution in [0.3, 0.4) is 0 Å². The van der Waals surface area contributed by atoms with Gasteiger partial charge < -0.3 is 19.5 Å². The Bertz CT molecular complexity index is 1440. The van der Waals surface area contributed by atoms with Crippen molar-refractivity contribution in [2.75, 3.05) is 4.90 Å². The molecule has 4 aromatic rings. The number of anilines is 1. The zero-order valence-corrected chi connectivity index (χ0v) is 23.4. The molecule has 0 radical (unpaired) electrons. The number of thiocarbonyl (C=S) groups is 1. The van der Waals surface area contributed by atoms with E-state index >= 15 is 0 Å². The summed E-state index contributed by atoms with van der Waals surface area (Å²) < 4.78 is 8.03. The van der Waals surface area contributed by atoms with Crippen molar-refractivity contribution < 1.29 is 4.74 Å². The molecular weight excluding hydrogens is 523 g/mol. The summed E-state index contributed by atoms with van der Waals surface area (Å²) in [5.41, 5.74) is 6.06. The molecule has 2 atom stereocenters. The Balaban J connectivity index is 1.64. The number of hydrogen-bond acceptors (Lipinski definition) is 3. The van der Waals surface area contributed by atoms with Crippen molar-refractivity contribution in [3.8, 4) is 11.4 Å². The van der Waals surface area contributed by atoms with Crippen LogP contribution < -0.4 is 15.0 Å². The number of halogens is 2. The molecule has 1 N–H and O–H groups in total. The summed E-state index contributed by atoms with van der Waals surface area (Å²) in [6.45, 7) is 8.23. The van der Waals surface area contributed by atoms with Crippen molar-refractivity contribution in [2.45, 2.75) is 45.9 Å². The fourth-order valence-corrected chi connectivity index (χ4v) is 5.87. The van der Waals surface area contributed by atoms with E-state index in [-0.39, 0.29) is 18.2 Å². The highest BCUT2D eigenvalue weighted by Crippen LogP contribution is 2.44. The molecule has 1 aliphatic heterocycles. The molecule has 5 nitrogen and oxygen atoms in total. The lowest BCUT2D eigenvalue weighted by atomic mass is 9.96. The van der Waals surface area contributed by atoms with Gasteiger partial charge in [-0.1, -0.05) is 29.3 Å². The number of hydrogen-bond donors (Lipinski definition) is 1. The summed E-state index contributed by atoms with van der Waals surface area (Å²) in [5.74, 6) is 0.824. The Morgan fingerprint density at radius 1 is 1.00 bits per heavy atom. The maximum atomic E-state index is 6.63. The van der Waals surface area contributed by atoms with Crippen LogP contribution in [-0.2, 0) is 0 Å². The minimum absolute atomic E-state index is 0.103. The lowest BCUT2D eigenvalue weighted by Crippen LogP contribution is -2.29. The van der Waals surface area contributed by atoms with Crippen molar-refractivity contribution >= 4 is 46.2 Å². The summed E-state index contributed by atoms with van der Waals surface area (Å²) >= 11 is 18.7. The maximum absolute atomic E-state index is 6.63. The van der Waals surface area contributed by atoms with Crippen LogP contribution in [0.1, 0.15) is 48.6 Å². The first-order valence-corrected chi connectivity index (χ1v) is 13.3. The summed E-state index contributed by atoms with van der Waals surface area (Å²) in [6, 6.07) is 21.5. The van der Waals surface area contributed by atoms with E-state index in [9.17, 15) is 0 Å². The van der Waals surface area contributed by atoms with Gasteiger partial charge in [-0.2, -0.15) is 0 Å². The van der Waals surface area contributed by atoms with E-state index in [0.717, 1.165) is 39.8 Å². The quantitative estimate of drug-likeness (QED) is 0.248. The normalized spacial score (nSPS) is 17.4. The van der Waals surface area contributed by atoms with Gasteiger partial charge in [0.2, 0.25) is 0 Å². The van der Waals surface area contributed by atoms with Gasteiger partial charge in [-0.25, -0.2) is 0 Å². The molecule has 0 bridgehead atoms. The Morgan fingerprint density at radius 2 is 1.76 bits per heavy atom. The molecular formula is C29H28Cl2N4OS. The molecule has 1 aliphatic rings. The van der Waals surface area contributed by atoms with Gasteiger partial charge in [-0.3, -0.25) is 4.98 Å². The van der Waals surface area contributed by atoms with E-state index in [1.165, 1.54) is 0 Å². The van der Waals surface area contributed by atoms with Crippen LogP contribution in [-0.4, -0.2) is 20.8 Å². The van der Waals surface area contributed by atoms with Gasteiger partial charge in [0.1, 0.15) is 5.75 Å². The Hall–Kier alpha value is -3.06. The number of ether oxygens (including phenoxy) is 1. The average molecular weight is 552 g/mol. The van der Waals surface area contributed by atoms with Crippen LogP contribution in [0.25, 0.3) is 5.69 Å². The Labute approximate surface area is 233 Å². The van der Waals surface area contributed by atoms with E-state index in [4.69, 9.17) is 40.2 Å². The number of nitrogens with one attached hydrogen (secondary N) is 1. The molecule has 2 aromatic carbocycles. The van der Waals surface area contributed by atoms with Crippen molar-refractivity contribution in [3.63, 3.8) is 0 Å². The molecule has 1 fully saturated rings. The maximum Gasteiger partial charge on any atom is 0.174 e. The number of nitrogens with zero attached hydrogens (tertiary/aromatic N) is 3. The molecule has 37 heavy (non-hydrogen) atoms. The molecule has 8 heteroatoms. The van der Waals surface area contributed by atoms with E-state index in [1.807, 2.05) is 62.5 Å². The Morgan fingerprint density at radius 3 is 2.41 bits per heavy atom. The Kier molecular flexibility index (Phi) is 7.17.